The minimum atomic E-state index is -1.07. The second kappa shape index (κ2) is 6.65. The molecular weight excluding hydrogens is 504 g/mol. The number of phenolic OH excluding ortho intramolecular Hbond substituents is 1. The Balaban J connectivity index is 2.37. The zero-order chi connectivity index (χ0) is 15.7. The average molecular weight is 517 g/mol. The summed E-state index contributed by atoms with van der Waals surface area (Å²) < 4.78 is 6.51. The normalized spacial score (nSPS) is 21.6. The highest BCUT2D eigenvalue weighted by Gasteiger charge is 2.40. The quantitative estimate of drug-likeness (QED) is 0.599. The number of halogens is 2. The zero-order valence-corrected chi connectivity index (χ0v) is 15.4. The summed E-state index contributed by atoms with van der Waals surface area (Å²) in [5.74, 6) is -1.68. The molecule has 2 N–H and O–H groups in total. The van der Waals surface area contributed by atoms with Crippen molar-refractivity contribution in [2.75, 3.05) is 13.7 Å². The van der Waals surface area contributed by atoms with Gasteiger partial charge in [0.05, 0.1) is 15.2 Å². The molecule has 0 aromatic heterocycles. The number of benzene rings is 1. The Morgan fingerprint density at radius 1 is 1.38 bits per heavy atom. The van der Waals surface area contributed by atoms with E-state index in [1.165, 1.54) is 12.0 Å². The van der Waals surface area contributed by atoms with Gasteiger partial charge in [-0.2, -0.15) is 0 Å². The molecule has 1 saturated heterocycles. The number of carboxylic acid groups (broad SMARTS) is 1. The minimum absolute atomic E-state index is 0.119. The average Bonchev–Trinajstić information content (AvgIpc) is 2.86. The van der Waals surface area contributed by atoms with Crippen LogP contribution in [0.4, 0.5) is 0 Å². The van der Waals surface area contributed by atoms with E-state index in [0.717, 1.165) is 3.57 Å². The summed E-state index contributed by atoms with van der Waals surface area (Å²) >= 11 is 3.98. The number of carboxylic acids is 1. The maximum Gasteiger partial charge on any atom is 0.326 e. The van der Waals surface area contributed by atoms with E-state index in [2.05, 4.69) is 0 Å². The maximum atomic E-state index is 12.6. The monoisotopic (exact) mass is 517 g/mol. The number of nitrogens with zero attached hydrogens (tertiary/aromatic N) is 1. The van der Waals surface area contributed by atoms with Crippen molar-refractivity contribution < 1.29 is 24.5 Å². The zero-order valence-electron chi connectivity index (χ0n) is 11.0. The van der Waals surface area contributed by atoms with Gasteiger partial charge in [0.1, 0.15) is 11.8 Å². The lowest BCUT2D eigenvalue weighted by atomic mass is 10.1. The first-order valence-electron chi connectivity index (χ1n) is 6.09. The molecular formula is C13H13I2NO5. The van der Waals surface area contributed by atoms with E-state index in [0.29, 0.717) is 3.57 Å². The number of hydrogen-bond donors (Lipinski definition) is 2. The van der Waals surface area contributed by atoms with Gasteiger partial charge in [-0.3, -0.25) is 4.79 Å². The molecule has 8 heteroatoms. The summed E-state index contributed by atoms with van der Waals surface area (Å²) in [5, 5.41) is 19.3. The molecule has 0 spiro atoms. The molecule has 0 saturated carbocycles. The van der Waals surface area contributed by atoms with Crippen molar-refractivity contribution in [2.24, 2.45) is 0 Å². The number of likely N-dealkylation sites (tertiary alicyclic amines) is 1. The second-order valence-electron chi connectivity index (χ2n) is 4.69. The number of carbonyl (C=O) groups excluding carboxylic acids is 1. The van der Waals surface area contributed by atoms with Crippen LogP contribution in [0.25, 0.3) is 0 Å². The maximum absolute atomic E-state index is 12.6. The van der Waals surface area contributed by atoms with E-state index in [4.69, 9.17) is 4.74 Å². The van der Waals surface area contributed by atoms with Gasteiger partial charge in [-0.25, -0.2) is 4.79 Å². The molecule has 1 aliphatic heterocycles. The predicted octanol–water partition coefficient (Wildman–Crippen LogP) is 1.92. The van der Waals surface area contributed by atoms with Crippen LogP contribution < -0.4 is 0 Å². The molecule has 1 amide bonds. The lowest BCUT2D eigenvalue weighted by molar-refractivity contribution is -0.141. The molecule has 0 bridgehead atoms. The van der Waals surface area contributed by atoms with Crippen LogP contribution in [-0.2, 0) is 9.53 Å². The van der Waals surface area contributed by atoms with Crippen LogP contribution in [0.1, 0.15) is 16.8 Å². The molecule has 1 aliphatic rings. The summed E-state index contributed by atoms with van der Waals surface area (Å²) in [4.78, 5) is 25.1. The number of aromatic hydroxyl groups is 1. The van der Waals surface area contributed by atoms with Crippen molar-refractivity contribution in [1.29, 1.82) is 0 Å². The first-order valence-corrected chi connectivity index (χ1v) is 8.25. The number of phenols is 1. The fourth-order valence-electron chi connectivity index (χ4n) is 2.31. The molecule has 114 valence electrons. The molecule has 21 heavy (non-hydrogen) atoms. The van der Waals surface area contributed by atoms with Crippen molar-refractivity contribution in [3.63, 3.8) is 0 Å². The largest absolute Gasteiger partial charge is 0.506 e. The Morgan fingerprint density at radius 3 is 2.62 bits per heavy atom. The van der Waals surface area contributed by atoms with Crippen molar-refractivity contribution in [2.45, 2.75) is 18.6 Å². The first-order chi connectivity index (χ1) is 9.85. The van der Waals surface area contributed by atoms with Crippen molar-refractivity contribution in [3.8, 4) is 5.75 Å². The van der Waals surface area contributed by atoms with Crippen molar-refractivity contribution in [1.82, 2.24) is 4.90 Å². The third kappa shape index (κ3) is 3.42. The third-order valence-electron chi connectivity index (χ3n) is 3.40. The number of amides is 1. The highest BCUT2D eigenvalue weighted by molar-refractivity contribution is 14.1. The van der Waals surface area contributed by atoms with Gasteiger partial charge in [0.15, 0.2) is 0 Å². The van der Waals surface area contributed by atoms with Gasteiger partial charge in [-0.05, 0) is 57.3 Å². The number of aliphatic carboxylic acids is 1. The van der Waals surface area contributed by atoms with Crippen LogP contribution in [0.3, 0.4) is 0 Å². The van der Waals surface area contributed by atoms with Gasteiger partial charge in [0, 0.05) is 23.6 Å². The summed E-state index contributed by atoms with van der Waals surface area (Å²) in [7, 11) is 1.49. The fourth-order valence-corrected chi connectivity index (χ4v) is 4.16. The van der Waals surface area contributed by atoms with Gasteiger partial charge in [-0.15, -0.1) is 0 Å². The van der Waals surface area contributed by atoms with E-state index in [1.54, 1.807) is 12.1 Å². The van der Waals surface area contributed by atoms with Crippen molar-refractivity contribution in [3.05, 3.63) is 24.8 Å². The second-order valence-corrected chi connectivity index (χ2v) is 7.10. The SMILES string of the molecule is COC1CC(C(=O)O)N(C(=O)c2cc(I)cc(I)c2O)C1. The summed E-state index contributed by atoms with van der Waals surface area (Å²) in [5.41, 5.74) is 0.120. The van der Waals surface area contributed by atoms with Crippen LogP contribution in [0, 0.1) is 7.14 Å². The molecule has 1 aromatic rings. The number of rotatable bonds is 3. The van der Waals surface area contributed by atoms with Crippen molar-refractivity contribution >= 4 is 57.1 Å². The topological polar surface area (TPSA) is 87.1 Å². The van der Waals surface area contributed by atoms with Gasteiger partial charge in [-0.1, -0.05) is 0 Å². The molecule has 6 nitrogen and oxygen atoms in total. The molecule has 2 atom stereocenters. The molecule has 1 fully saturated rings. The summed E-state index contributed by atoms with van der Waals surface area (Å²) in [6, 6.07) is 2.36. The van der Waals surface area contributed by atoms with Gasteiger partial charge >= 0.3 is 5.97 Å². The molecule has 0 aliphatic carbocycles. The predicted molar refractivity (Wildman–Crippen MR) is 91.4 cm³/mol. The summed E-state index contributed by atoms with van der Waals surface area (Å²) in [6.07, 6.45) is -0.0571. The van der Waals surface area contributed by atoms with Crippen LogP contribution in [-0.4, -0.2) is 52.8 Å². The Labute approximate surface area is 148 Å². The van der Waals surface area contributed by atoms with Crippen LogP contribution in [0.2, 0.25) is 0 Å². The molecule has 2 unspecified atom stereocenters. The smallest absolute Gasteiger partial charge is 0.326 e. The molecule has 1 aromatic carbocycles. The van der Waals surface area contributed by atoms with Gasteiger partial charge < -0.3 is 19.8 Å². The van der Waals surface area contributed by atoms with Crippen LogP contribution in [0.15, 0.2) is 12.1 Å². The number of hydrogen-bond acceptors (Lipinski definition) is 4. The fraction of sp³-hybridized carbons (Fsp3) is 0.385. The van der Waals surface area contributed by atoms with E-state index in [1.807, 2.05) is 45.2 Å². The standard InChI is InChI=1S/C13H13I2NO5/c1-21-7-4-10(13(19)20)16(5-7)12(18)8-2-6(14)3-9(15)11(8)17/h2-3,7,10,17H,4-5H2,1H3,(H,19,20). The first kappa shape index (κ1) is 16.7. The molecule has 1 heterocycles. The Kier molecular flexibility index (Phi) is 5.30. The number of carbonyl (C=O) groups is 2. The van der Waals surface area contributed by atoms with E-state index in [-0.39, 0.29) is 30.4 Å². The van der Waals surface area contributed by atoms with Crippen LogP contribution >= 0.6 is 45.2 Å². The number of methoxy groups -OCH3 is 1. The Morgan fingerprint density at radius 2 is 2.05 bits per heavy atom. The minimum Gasteiger partial charge on any atom is -0.506 e. The highest BCUT2D eigenvalue weighted by Crippen LogP contribution is 2.30. The lowest BCUT2D eigenvalue weighted by Crippen LogP contribution is -2.40. The van der Waals surface area contributed by atoms with Gasteiger partial charge in [0.25, 0.3) is 5.91 Å². The van der Waals surface area contributed by atoms with Crippen LogP contribution in [0.5, 0.6) is 5.75 Å². The number of ether oxygens (including phenoxy) is 1. The van der Waals surface area contributed by atoms with E-state index < -0.39 is 17.9 Å². The third-order valence-corrected chi connectivity index (χ3v) is 4.85. The molecule has 2 rings (SSSR count). The highest BCUT2D eigenvalue weighted by atomic mass is 127. The summed E-state index contributed by atoms with van der Waals surface area (Å²) in [6.45, 7) is 0.202. The Bertz CT molecular complexity index is 592. The lowest BCUT2D eigenvalue weighted by Gasteiger charge is -2.22. The van der Waals surface area contributed by atoms with Gasteiger partial charge in [0.2, 0.25) is 0 Å². The molecule has 0 radical (unpaired) electrons. The Hall–Kier alpha value is -0.620. The van der Waals surface area contributed by atoms with E-state index >= 15 is 0 Å². The van der Waals surface area contributed by atoms with E-state index in [9.17, 15) is 19.8 Å².